The fraction of sp³-hybridized carbons (Fsp3) is 0.138. The molecule has 0 aliphatic carbocycles. The van der Waals surface area contributed by atoms with E-state index < -0.39 is 5.60 Å². The van der Waals surface area contributed by atoms with Gasteiger partial charge in [-0.25, -0.2) is 0 Å². The molecule has 1 N–H and O–H groups in total. The van der Waals surface area contributed by atoms with E-state index in [0.717, 1.165) is 111 Å². The fourth-order valence-corrected chi connectivity index (χ4v) is 9.70. The number of hydrogen-bond donors (Lipinski definition) is 1. The van der Waals surface area contributed by atoms with Crippen LogP contribution >= 0.6 is 0 Å². The molecule has 6 nitrogen and oxygen atoms in total. The summed E-state index contributed by atoms with van der Waals surface area (Å²) in [6.07, 6.45) is 0.536. The SMILES string of the molecule is COc1ccc(C(OCC(CO)Cc2ccc3c(C#Cc4cccc5cc(OC)ccc45)c4ccccc4c(C#Cc4cccc5cc(OC)ccc45)c3c2)(c2ccccc2)c2ccc(OC)cc2)cc1. The Balaban J connectivity index is 1.10. The largest absolute Gasteiger partial charge is 0.497 e. The summed E-state index contributed by atoms with van der Waals surface area (Å²) in [6, 6.07) is 65.8. The molecular weight excluding hydrogens is 877 g/mol. The van der Waals surface area contributed by atoms with E-state index in [2.05, 4.69) is 115 Å². The molecule has 0 aromatic heterocycles. The van der Waals surface area contributed by atoms with Crippen molar-refractivity contribution in [3.63, 3.8) is 0 Å². The second-order valence-electron chi connectivity index (χ2n) is 17.5. The molecule has 1 unspecified atom stereocenters. The van der Waals surface area contributed by atoms with Gasteiger partial charge in [-0.05, 0) is 151 Å². The average molecular weight is 929 g/mol. The van der Waals surface area contributed by atoms with Crippen molar-refractivity contribution in [2.45, 2.75) is 12.0 Å². The molecule has 1 atom stereocenters. The van der Waals surface area contributed by atoms with Crippen LogP contribution in [0.4, 0.5) is 0 Å². The summed E-state index contributed by atoms with van der Waals surface area (Å²) in [5.74, 6) is 17.3. The van der Waals surface area contributed by atoms with E-state index in [0.29, 0.717) is 6.42 Å². The van der Waals surface area contributed by atoms with Crippen molar-refractivity contribution >= 4 is 43.1 Å². The van der Waals surface area contributed by atoms with Crippen LogP contribution in [0.5, 0.6) is 23.0 Å². The molecule has 0 bridgehead atoms. The summed E-state index contributed by atoms with van der Waals surface area (Å²) in [5, 5.41) is 19.4. The molecular formula is C65H52O6. The van der Waals surface area contributed by atoms with E-state index in [9.17, 15) is 5.11 Å². The highest BCUT2D eigenvalue weighted by molar-refractivity contribution is 6.10. The fourth-order valence-electron chi connectivity index (χ4n) is 9.70. The minimum atomic E-state index is -1.03. The monoisotopic (exact) mass is 928 g/mol. The molecule has 0 heterocycles. The molecule has 6 heteroatoms. The summed E-state index contributed by atoms with van der Waals surface area (Å²) in [5.41, 5.74) is 6.49. The minimum Gasteiger partial charge on any atom is -0.497 e. The summed E-state index contributed by atoms with van der Waals surface area (Å²) in [7, 11) is 6.69. The average Bonchev–Trinajstić information content (AvgIpc) is 3.43. The molecule has 0 aliphatic rings. The lowest BCUT2D eigenvalue weighted by Crippen LogP contribution is -2.35. The van der Waals surface area contributed by atoms with Crippen LogP contribution in [-0.4, -0.2) is 46.8 Å². The van der Waals surface area contributed by atoms with Gasteiger partial charge in [0.15, 0.2) is 0 Å². The topological polar surface area (TPSA) is 66.4 Å². The van der Waals surface area contributed by atoms with Crippen LogP contribution in [0, 0.1) is 29.6 Å². The van der Waals surface area contributed by atoms with Crippen LogP contribution in [0.2, 0.25) is 0 Å². The van der Waals surface area contributed by atoms with Crippen LogP contribution in [0.1, 0.15) is 44.5 Å². The third-order valence-corrected chi connectivity index (χ3v) is 13.4. The normalized spacial score (nSPS) is 11.7. The highest BCUT2D eigenvalue weighted by Gasteiger charge is 2.38. The minimum absolute atomic E-state index is 0.0992. The number of benzene rings is 10. The lowest BCUT2D eigenvalue weighted by Gasteiger charge is -2.37. The maximum atomic E-state index is 11.2. The Hall–Kier alpha value is -8.52. The first-order chi connectivity index (χ1) is 34.9. The molecule has 71 heavy (non-hydrogen) atoms. The van der Waals surface area contributed by atoms with Crippen molar-refractivity contribution < 1.29 is 28.8 Å². The van der Waals surface area contributed by atoms with E-state index in [4.69, 9.17) is 23.7 Å². The molecule has 10 aromatic rings. The van der Waals surface area contributed by atoms with Gasteiger partial charge in [0.05, 0.1) is 35.0 Å². The summed E-state index contributed by atoms with van der Waals surface area (Å²) in [4.78, 5) is 0. The van der Waals surface area contributed by atoms with Crippen molar-refractivity contribution in [1.29, 1.82) is 0 Å². The summed E-state index contributed by atoms with van der Waals surface area (Å²) >= 11 is 0. The molecule has 0 fully saturated rings. The highest BCUT2D eigenvalue weighted by Crippen LogP contribution is 2.43. The molecule has 0 spiro atoms. The third-order valence-electron chi connectivity index (χ3n) is 13.4. The molecule has 10 aromatic carbocycles. The smallest absolute Gasteiger partial charge is 0.143 e. The Morgan fingerprint density at radius 1 is 0.408 bits per heavy atom. The van der Waals surface area contributed by atoms with Gasteiger partial charge in [0.25, 0.3) is 0 Å². The van der Waals surface area contributed by atoms with Crippen LogP contribution in [0.25, 0.3) is 43.1 Å². The Bertz CT molecular complexity index is 3620. The molecule has 0 saturated carbocycles. The van der Waals surface area contributed by atoms with Gasteiger partial charge in [-0.15, -0.1) is 0 Å². The quantitative estimate of drug-likeness (QED) is 0.0706. The van der Waals surface area contributed by atoms with Gasteiger partial charge in [-0.3, -0.25) is 0 Å². The number of ether oxygens (including phenoxy) is 5. The first-order valence-corrected chi connectivity index (χ1v) is 23.7. The summed E-state index contributed by atoms with van der Waals surface area (Å²) < 4.78 is 29.5. The van der Waals surface area contributed by atoms with Gasteiger partial charge < -0.3 is 28.8 Å². The Kier molecular flexibility index (Phi) is 13.4. The molecule has 0 aliphatic heterocycles. The number of fused-ring (bicyclic) bond motifs is 4. The van der Waals surface area contributed by atoms with Crippen molar-refractivity contribution in [3.8, 4) is 46.7 Å². The van der Waals surface area contributed by atoms with E-state index >= 15 is 0 Å². The third kappa shape index (κ3) is 9.23. The highest BCUT2D eigenvalue weighted by atomic mass is 16.5. The van der Waals surface area contributed by atoms with E-state index in [1.165, 1.54) is 0 Å². The number of rotatable bonds is 13. The predicted octanol–water partition coefficient (Wildman–Crippen LogP) is 13.3. The molecule has 0 saturated heterocycles. The van der Waals surface area contributed by atoms with Crippen LogP contribution in [-0.2, 0) is 16.8 Å². The van der Waals surface area contributed by atoms with Gasteiger partial charge in [-0.2, -0.15) is 0 Å². The van der Waals surface area contributed by atoms with Crippen LogP contribution < -0.4 is 18.9 Å². The van der Waals surface area contributed by atoms with Crippen LogP contribution in [0.15, 0.2) is 194 Å². The number of methoxy groups -OCH3 is 4. The Morgan fingerprint density at radius 3 is 1.37 bits per heavy atom. The Labute approximate surface area is 415 Å². The zero-order chi connectivity index (χ0) is 48.7. The predicted molar refractivity (Wildman–Crippen MR) is 287 cm³/mol. The van der Waals surface area contributed by atoms with Gasteiger partial charge in [0.1, 0.15) is 28.6 Å². The second-order valence-corrected chi connectivity index (χ2v) is 17.5. The number of aliphatic hydroxyl groups excluding tert-OH is 1. The number of hydrogen-bond acceptors (Lipinski definition) is 6. The first kappa shape index (κ1) is 46.2. The lowest BCUT2D eigenvalue weighted by atomic mass is 9.79. The molecule has 348 valence electrons. The van der Waals surface area contributed by atoms with Crippen LogP contribution in [0.3, 0.4) is 0 Å². The van der Waals surface area contributed by atoms with E-state index in [1.807, 2.05) is 103 Å². The van der Waals surface area contributed by atoms with Crippen molar-refractivity contribution in [2.24, 2.45) is 5.92 Å². The van der Waals surface area contributed by atoms with Crippen molar-refractivity contribution in [1.82, 2.24) is 0 Å². The Morgan fingerprint density at radius 2 is 0.859 bits per heavy atom. The van der Waals surface area contributed by atoms with Gasteiger partial charge in [0.2, 0.25) is 0 Å². The first-order valence-electron chi connectivity index (χ1n) is 23.7. The van der Waals surface area contributed by atoms with Gasteiger partial charge in [-0.1, -0.05) is 139 Å². The van der Waals surface area contributed by atoms with Crippen molar-refractivity contribution in [2.75, 3.05) is 41.7 Å². The number of aliphatic hydroxyl groups is 1. The van der Waals surface area contributed by atoms with E-state index in [-0.39, 0.29) is 19.1 Å². The zero-order valence-corrected chi connectivity index (χ0v) is 40.2. The molecule has 0 amide bonds. The van der Waals surface area contributed by atoms with Gasteiger partial charge in [0, 0.05) is 34.8 Å². The van der Waals surface area contributed by atoms with Gasteiger partial charge >= 0.3 is 0 Å². The second kappa shape index (κ2) is 20.6. The maximum Gasteiger partial charge on any atom is 0.143 e. The standard InChI is InChI=1S/C65H52O6/c1-67-53-27-23-51(24-28-53)65(50-16-6-5-7-17-50,52-25-29-54(68-2)30-26-52)71-43-45(42-66)38-44-20-33-62-61(34-21-46-12-10-14-48-40-55(69-3)31-36-57(46)48)59-18-8-9-19-60(59)63(64(62)39-44)35-22-47-13-11-15-49-41-56(70-4)32-37-58(47)49/h5-20,23-33,36-37,39-41,45,66H,38,42-43H2,1-4H3. The maximum absolute atomic E-state index is 11.2. The molecule has 0 radical (unpaired) electrons. The summed E-state index contributed by atoms with van der Waals surface area (Å²) in [6.45, 7) is 0.142. The molecule has 10 rings (SSSR count). The van der Waals surface area contributed by atoms with Crippen molar-refractivity contribution in [3.05, 3.63) is 239 Å². The van der Waals surface area contributed by atoms with E-state index in [1.54, 1.807) is 28.4 Å². The lowest BCUT2D eigenvalue weighted by molar-refractivity contribution is -0.0183. The zero-order valence-electron chi connectivity index (χ0n) is 40.2.